The Bertz CT molecular complexity index is 683. The Kier molecular flexibility index (Phi) is 3.67. The van der Waals surface area contributed by atoms with Crippen LogP contribution in [0.15, 0.2) is 33.8 Å². The molecule has 6 heteroatoms. The number of rotatable bonds is 2. The summed E-state index contributed by atoms with van der Waals surface area (Å²) in [5, 5.41) is 9.24. The van der Waals surface area contributed by atoms with Crippen molar-refractivity contribution in [2.24, 2.45) is 0 Å². The van der Waals surface area contributed by atoms with E-state index in [1.54, 1.807) is 18.2 Å². The van der Waals surface area contributed by atoms with Gasteiger partial charge in [0.2, 0.25) is 0 Å². The van der Waals surface area contributed by atoms with E-state index < -0.39 is 0 Å². The summed E-state index contributed by atoms with van der Waals surface area (Å²) >= 11 is 8.06. The molecule has 0 aromatic heterocycles. The molecule has 1 aliphatic carbocycles. The van der Waals surface area contributed by atoms with E-state index in [-0.39, 0.29) is 16.9 Å². The Balaban J connectivity index is 2.03. The number of thiocarbonyl (C=S) groups is 1. The van der Waals surface area contributed by atoms with E-state index in [0.29, 0.717) is 39.7 Å². The largest absolute Gasteiger partial charge is 0.498 e. The first kappa shape index (κ1) is 14.4. The Hall–Kier alpha value is -1.53. The summed E-state index contributed by atoms with van der Waals surface area (Å²) in [4.78, 5) is 26.1. The molecule has 3 rings (SSSR count). The van der Waals surface area contributed by atoms with E-state index in [0.717, 1.165) is 12.8 Å². The van der Waals surface area contributed by atoms with Crippen molar-refractivity contribution in [1.29, 1.82) is 0 Å². The summed E-state index contributed by atoms with van der Waals surface area (Å²) in [6, 6.07) is 4.89. The number of hydrogen-bond donors (Lipinski definition) is 1. The van der Waals surface area contributed by atoms with Crippen LogP contribution in [0.5, 0.6) is 0 Å². The molecule has 2 amide bonds. The maximum Gasteiger partial charge on any atom is 0.261 e. The molecule has 0 unspecified atom stereocenters. The average Bonchev–Trinajstić information content (AvgIpc) is 2.72. The van der Waals surface area contributed by atoms with Crippen molar-refractivity contribution in [2.45, 2.75) is 25.7 Å². The number of benzene rings is 1. The van der Waals surface area contributed by atoms with Crippen molar-refractivity contribution in [3.63, 3.8) is 0 Å². The van der Waals surface area contributed by atoms with Gasteiger partial charge in [-0.2, -0.15) is 0 Å². The van der Waals surface area contributed by atoms with Crippen molar-refractivity contribution in [2.75, 3.05) is 4.90 Å². The van der Waals surface area contributed by atoms with Crippen molar-refractivity contribution in [1.82, 2.24) is 0 Å². The highest BCUT2D eigenvalue weighted by Gasteiger charge is 2.39. The van der Waals surface area contributed by atoms with Gasteiger partial charge < -0.3 is 5.11 Å². The molecule has 2 aliphatic rings. The fourth-order valence-electron chi connectivity index (χ4n) is 2.79. The summed E-state index contributed by atoms with van der Waals surface area (Å²) in [5.41, 5.74) is 2.12. The number of anilines is 1. The van der Waals surface area contributed by atoms with Gasteiger partial charge in [-0.15, -0.1) is 0 Å². The lowest BCUT2D eigenvalue weighted by Gasteiger charge is -2.16. The minimum absolute atomic E-state index is 0.244. The smallest absolute Gasteiger partial charge is 0.261 e. The minimum Gasteiger partial charge on any atom is -0.498 e. The third-order valence-corrected chi connectivity index (χ3v) is 4.74. The van der Waals surface area contributed by atoms with Crippen LogP contribution < -0.4 is 4.90 Å². The van der Waals surface area contributed by atoms with Gasteiger partial charge in [-0.05, 0) is 56.1 Å². The Labute approximate surface area is 135 Å². The molecule has 1 aliphatic heterocycles. The molecule has 0 radical (unpaired) electrons. The van der Waals surface area contributed by atoms with E-state index in [4.69, 9.17) is 12.2 Å². The summed E-state index contributed by atoms with van der Waals surface area (Å²) in [6.07, 6.45) is 3.21. The third kappa shape index (κ3) is 2.32. The van der Waals surface area contributed by atoms with Gasteiger partial charge in [0, 0.05) is 21.2 Å². The van der Waals surface area contributed by atoms with Gasteiger partial charge in [0.1, 0.15) is 0 Å². The molecule has 1 aromatic carbocycles. The summed E-state index contributed by atoms with van der Waals surface area (Å²) in [6.45, 7) is 0. The first-order chi connectivity index (χ1) is 10.0. The highest BCUT2D eigenvalue weighted by Crippen LogP contribution is 2.36. The maximum absolute atomic E-state index is 12.5. The highest BCUT2D eigenvalue weighted by molar-refractivity contribution is 9.10. The van der Waals surface area contributed by atoms with Crippen LogP contribution >= 0.6 is 28.1 Å². The fraction of sp³-hybridized carbons (Fsp3) is 0.267. The average molecular weight is 366 g/mol. The molecule has 0 saturated heterocycles. The second-order valence-corrected chi connectivity index (χ2v) is 6.32. The maximum atomic E-state index is 12.5. The number of amides is 2. The third-order valence-electron chi connectivity index (χ3n) is 3.83. The molecule has 0 bridgehead atoms. The number of imide groups is 1. The summed E-state index contributed by atoms with van der Waals surface area (Å²) in [7, 11) is 0. The van der Waals surface area contributed by atoms with Crippen molar-refractivity contribution in [3.05, 3.63) is 39.4 Å². The molecule has 108 valence electrons. The number of hydrogen-bond acceptors (Lipinski definition) is 3. The number of aliphatic hydroxyl groups is 1. The van der Waals surface area contributed by atoms with Crippen LogP contribution in [-0.4, -0.2) is 22.0 Å². The number of carbonyl (C=O) groups is 2. The predicted octanol–water partition coefficient (Wildman–Crippen LogP) is 3.43. The molecule has 1 aromatic rings. The molecule has 0 atom stereocenters. The summed E-state index contributed by atoms with van der Waals surface area (Å²) in [5.74, 6) is -0.487. The zero-order valence-corrected chi connectivity index (χ0v) is 13.5. The number of carbonyl (C=O) groups excluding carboxylic acids is 2. The quantitative estimate of drug-likeness (QED) is 0.644. The fourth-order valence-corrected chi connectivity index (χ4v) is 3.52. The lowest BCUT2D eigenvalue weighted by molar-refractivity contribution is -0.120. The number of halogens is 1. The van der Waals surface area contributed by atoms with Gasteiger partial charge >= 0.3 is 0 Å². The van der Waals surface area contributed by atoms with E-state index in [1.165, 1.54) is 4.90 Å². The standard InChI is InChI=1S/C15H12BrNO3S/c16-12-6-5-8(7-11(12)15(20)21)17-13(18)9-3-1-2-4-10(9)14(17)19/h5-7H,1-4H2,(H,20,21). The van der Waals surface area contributed by atoms with Crippen LogP contribution in [-0.2, 0) is 9.59 Å². The van der Waals surface area contributed by atoms with Crippen LogP contribution in [0.4, 0.5) is 5.69 Å². The second-order valence-electron chi connectivity index (χ2n) is 5.08. The van der Waals surface area contributed by atoms with Gasteiger partial charge in [-0.3, -0.25) is 9.59 Å². The lowest BCUT2D eigenvalue weighted by atomic mass is 9.93. The topological polar surface area (TPSA) is 57.6 Å². The Morgan fingerprint density at radius 3 is 2.24 bits per heavy atom. The van der Waals surface area contributed by atoms with Crippen molar-refractivity contribution in [3.8, 4) is 0 Å². The van der Waals surface area contributed by atoms with E-state index in [1.807, 2.05) is 0 Å². The van der Waals surface area contributed by atoms with Gasteiger partial charge in [0.05, 0.1) is 5.69 Å². The molecule has 0 saturated carbocycles. The first-order valence-electron chi connectivity index (χ1n) is 6.64. The van der Waals surface area contributed by atoms with Crippen LogP contribution in [0.2, 0.25) is 0 Å². The molecule has 0 fully saturated rings. The van der Waals surface area contributed by atoms with Crippen LogP contribution in [0.25, 0.3) is 0 Å². The van der Waals surface area contributed by atoms with Crippen molar-refractivity contribution < 1.29 is 14.7 Å². The molecular weight excluding hydrogens is 354 g/mol. The SMILES string of the molecule is O=C1C2=C(CCCC2)C(=O)N1c1ccc(Br)c(C(O)=S)c1. The zero-order chi connectivity index (χ0) is 15.1. The first-order valence-corrected chi connectivity index (χ1v) is 7.84. The summed E-state index contributed by atoms with van der Waals surface area (Å²) < 4.78 is 0.621. The minimum atomic E-state index is -0.277. The normalized spacial score (nSPS) is 18.2. The Morgan fingerprint density at radius 2 is 1.71 bits per heavy atom. The predicted molar refractivity (Wildman–Crippen MR) is 86.5 cm³/mol. The van der Waals surface area contributed by atoms with Crippen LogP contribution in [0, 0.1) is 0 Å². The van der Waals surface area contributed by atoms with E-state index in [9.17, 15) is 14.7 Å². The van der Waals surface area contributed by atoms with Gasteiger partial charge in [-0.25, -0.2) is 4.90 Å². The second kappa shape index (κ2) is 5.35. The highest BCUT2D eigenvalue weighted by atomic mass is 79.9. The molecule has 4 nitrogen and oxygen atoms in total. The van der Waals surface area contributed by atoms with Gasteiger partial charge in [-0.1, -0.05) is 15.9 Å². The van der Waals surface area contributed by atoms with Gasteiger partial charge in [0.15, 0.2) is 5.05 Å². The molecule has 1 N–H and O–H groups in total. The zero-order valence-electron chi connectivity index (χ0n) is 11.1. The monoisotopic (exact) mass is 365 g/mol. The lowest BCUT2D eigenvalue weighted by Crippen LogP contribution is -2.31. The molecule has 1 heterocycles. The van der Waals surface area contributed by atoms with E-state index in [2.05, 4.69) is 15.9 Å². The molecule has 21 heavy (non-hydrogen) atoms. The van der Waals surface area contributed by atoms with Crippen molar-refractivity contribution >= 4 is 50.7 Å². The molecular formula is C15H12BrNO3S. The Morgan fingerprint density at radius 1 is 1.14 bits per heavy atom. The van der Waals surface area contributed by atoms with E-state index >= 15 is 0 Å². The van der Waals surface area contributed by atoms with Crippen LogP contribution in [0.1, 0.15) is 31.2 Å². The number of aliphatic hydroxyl groups excluding tert-OH is 1. The molecule has 0 spiro atoms. The van der Waals surface area contributed by atoms with Gasteiger partial charge in [0.25, 0.3) is 11.8 Å². The number of nitrogens with zero attached hydrogens (tertiary/aromatic N) is 1. The van der Waals surface area contributed by atoms with Crippen LogP contribution in [0.3, 0.4) is 0 Å².